The maximum Gasteiger partial charge on any atom is 0.279 e. The number of piperazine rings is 1. The van der Waals surface area contributed by atoms with Crippen molar-refractivity contribution in [3.63, 3.8) is 0 Å². The van der Waals surface area contributed by atoms with E-state index in [0.29, 0.717) is 25.7 Å². The van der Waals surface area contributed by atoms with E-state index in [1.165, 1.54) is 4.31 Å². The van der Waals surface area contributed by atoms with E-state index in [1.807, 2.05) is 13.8 Å². The first-order valence-electron chi connectivity index (χ1n) is 6.08. The summed E-state index contributed by atoms with van der Waals surface area (Å²) < 4.78 is 27.9. The van der Waals surface area contributed by atoms with Crippen LogP contribution in [0, 0.1) is 0 Å². The zero-order chi connectivity index (χ0) is 13.1. The monoisotopic (exact) mass is 264 g/mol. The fourth-order valence-corrected chi connectivity index (χ4v) is 3.29. The minimum atomic E-state index is -3.31. The molecule has 0 aromatic carbocycles. The van der Waals surface area contributed by atoms with Gasteiger partial charge >= 0.3 is 0 Å². The predicted molar refractivity (Wildman–Crippen MR) is 68.9 cm³/mol. The molecule has 1 rings (SSSR count). The summed E-state index contributed by atoms with van der Waals surface area (Å²) in [6.07, 6.45) is 0. The molecule has 1 aliphatic rings. The van der Waals surface area contributed by atoms with E-state index in [0.717, 1.165) is 13.1 Å². The minimum Gasteiger partial charge on any atom is -0.329 e. The summed E-state index contributed by atoms with van der Waals surface area (Å²) in [5, 5.41) is 0. The summed E-state index contributed by atoms with van der Waals surface area (Å²) in [4.78, 5) is 2.22. The van der Waals surface area contributed by atoms with Crippen molar-refractivity contribution in [2.75, 3.05) is 32.7 Å². The van der Waals surface area contributed by atoms with E-state index in [1.54, 1.807) is 0 Å². The van der Waals surface area contributed by atoms with Crippen molar-refractivity contribution in [3.8, 4) is 0 Å². The van der Waals surface area contributed by atoms with E-state index < -0.39 is 10.2 Å². The molecule has 6 nitrogen and oxygen atoms in total. The lowest BCUT2D eigenvalue weighted by Gasteiger charge is -2.37. The van der Waals surface area contributed by atoms with Crippen LogP contribution in [-0.2, 0) is 10.2 Å². The van der Waals surface area contributed by atoms with Crippen molar-refractivity contribution in [1.29, 1.82) is 0 Å². The van der Waals surface area contributed by atoms with Crippen molar-refractivity contribution in [1.82, 2.24) is 13.9 Å². The molecule has 0 radical (unpaired) electrons. The van der Waals surface area contributed by atoms with E-state index in [-0.39, 0.29) is 6.04 Å². The minimum absolute atomic E-state index is 0.0685. The molecule has 0 bridgehead atoms. The number of nitrogens with one attached hydrogen (secondary N) is 1. The molecule has 0 aliphatic carbocycles. The highest BCUT2D eigenvalue weighted by molar-refractivity contribution is 7.87. The van der Waals surface area contributed by atoms with Gasteiger partial charge in [-0.1, -0.05) is 0 Å². The van der Waals surface area contributed by atoms with Crippen LogP contribution in [0.1, 0.15) is 20.8 Å². The smallest absolute Gasteiger partial charge is 0.279 e. The Balaban J connectivity index is 2.52. The summed E-state index contributed by atoms with van der Waals surface area (Å²) in [5.74, 6) is 0. The Kier molecular flexibility index (Phi) is 5.33. The number of rotatable bonds is 5. The lowest BCUT2D eigenvalue weighted by molar-refractivity contribution is 0.148. The highest BCUT2D eigenvalue weighted by atomic mass is 32.2. The second-order valence-electron chi connectivity index (χ2n) is 4.80. The third-order valence-electron chi connectivity index (χ3n) is 2.96. The number of nitrogens with zero attached hydrogens (tertiary/aromatic N) is 2. The van der Waals surface area contributed by atoms with Crippen LogP contribution in [0.25, 0.3) is 0 Å². The van der Waals surface area contributed by atoms with Crippen molar-refractivity contribution >= 4 is 10.2 Å². The topological polar surface area (TPSA) is 78.7 Å². The van der Waals surface area contributed by atoms with Crippen molar-refractivity contribution in [3.05, 3.63) is 0 Å². The van der Waals surface area contributed by atoms with Crippen LogP contribution in [0.2, 0.25) is 0 Å². The first-order chi connectivity index (χ1) is 7.86. The summed E-state index contributed by atoms with van der Waals surface area (Å²) >= 11 is 0. The Morgan fingerprint density at radius 3 is 2.12 bits per heavy atom. The molecule has 1 saturated heterocycles. The number of hydrogen-bond donors (Lipinski definition) is 2. The van der Waals surface area contributed by atoms with Gasteiger partial charge in [-0.2, -0.15) is 17.4 Å². The van der Waals surface area contributed by atoms with Crippen LogP contribution in [0.15, 0.2) is 0 Å². The molecule has 0 aromatic heterocycles. The molecule has 7 heteroatoms. The number of hydrogen-bond acceptors (Lipinski definition) is 4. The van der Waals surface area contributed by atoms with E-state index in [9.17, 15) is 8.42 Å². The molecule has 1 unspecified atom stereocenters. The normalized spacial score (nSPS) is 21.9. The predicted octanol–water partition coefficient (Wildman–Crippen LogP) is -0.806. The summed E-state index contributed by atoms with van der Waals surface area (Å²) in [6, 6.07) is 0.249. The largest absolute Gasteiger partial charge is 0.329 e. The Hall–Kier alpha value is -0.210. The third kappa shape index (κ3) is 4.18. The molecule has 17 heavy (non-hydrogen) atoms. The van der Waals surface area contributed by atoms with Crippen molar-refractivity contribution in [2.24, 2.45) is 5.73 Å². The maximum atomic E-state index is 11.9. The summed E-state index contributed by atoms with van der Waals surface area (Å²) in [5.41, 5.74) is 5.60. The van der Waals surface area contributed by atoms with Gasteiger partial charge in [-0.15, -0.1) is 0 Å². The Bertz CT molecular complexity index is 323. The Morgan fingerprint density at radius 1 is 1.18 bits per heavy atom. The molecule has 0 amide bonds. The molecule has 0 saturated carbocycles. The Morgan fingerprint density at radius 2 is 1.71 bits per heavy atom. The van der Waals surface area contributed by atoms with Gasteiger partial charge in [0.05, 0.1) is 0 Å². The van der Waals surface area contributed by atoms with Gasteiger partial charge in [0.1, 0.15) is 0 Å². The molecule has 0 aromatic rings. The number of nitrogens with two attached hydrogens (primary N) is 1. The first-order valence-corrected chi connectivity index (χ1v) is 7.52. The van der Waals surface area contributed by atoms with Gasteiger partial charge in [-0.05, 0) is 20.8 Å². The average Bonchev–Trinajstić information content (AvgIpc) is 2.26. The van der Waals surface area contributed by atoms with Gasteiger partial charge in [0.2, 0.25) is 0 Å². The van der Waals surface area contributed by atoms with Crippen molar-refractivity contribution < 1.29 is 8.42 Å². The maximum absolute atomic E-state index is 11.9. The Labute approximate surface area is 104 Å². The van der Waals surface area contributed by atoms with E-state index >= 15 is 0 Å². The lowest BCUT2D eigenvalue weighted by atomic mass is 10.2. The van der Waals surface area contributed by atoms with Crippen molar-refractivity contribution in [2.45, 2.75) is 32.9 Å². The standard InChI is InChI=1S/C10H24N4O2S/c1-9(2)12-17(15,16)14-6-4-13(5-7-14)10(3)8-11/h9-10,12H,4-8,11H2,1-3H3. The van der Waals surface area contributed by atoms with Crippen LogP contribution in [-0.4, -0.2) is 62.4 Å². The molecule has 0 spiro atoms. The molecule has 1 aliphatic heterocycles. The SMILES string of the molecule is CC(C)NS(=O)(=O)N1CCN(C(C)CN)CC1. The van der Waals surface area contributed by atoms with Gasteiger partial charge in [0.25, 0.3) is 10.2 Å². The zero-order valence-corrected chi connectivity index (χ0v) is 11.7. The lowest BCUT2D eigenvalue weighted by Crippen LogP contribution is -2.55. The first kappa shape index (κ1) is 14.8. The fourth-order valence-electron chi connectivity index (χ4n) is 1.91. The second kappa shape index (κ2) is 6.10. The van der Waals surface area contributed by atoms with Crippen LogP contribution < -0.4 is 10.5 Å². The molecular formula is C10H24N4O2S. The van der Waals surface area contributed by atoms with Crippen LogP contribution in [0.5, 0.6) is 0 Å². The summed E-state index contributed by atoms with van der Waals surface area (Å²) in [6.45, 7) is 8.88. The highest BCUT2D eigenvalue weighted by Gasteiger charge is 2.28. The molecule has 1 atom stereocenters. The molecule has 1 fully saturated rings. The second-order valence-corrected chi connectivity index (χ2v) is 6.50. The fraction of sp³-hybridized carbons (Fsp3) is 1.00. The van der Waals surface area contributed by atoms with E-state index in [2.05, 4.69) is 16.5 Å². The molecular weight excluding hydrogens is 240 g/mol. The molecule has 1 heterocycles. The van der Waals surface area contributed by atoms with Crippen LogP contribution >= 0.6 is 0 Å². The average molecular weight is 264 g/mol. The quantitative estimate of drug-likeness (QED) is 0.681. The van der Waals surface area contributed by atoms with Crippen LogP contribution in [0.4, 0.5) is 0 Å². The van der Waals surface area contributed by atoms with Gasteiger partial charge < -0.3 is 5.73 Å². The highest BCUT2D eigenvalue weighted by Crippen LogP contribution is 2.09. The van der Waals surface area contributed by atoms with Gasteiger partial charge in [-0.3, -0.25) is 4.90 Å². The third-order valence-corrected chi connectivity index (χ3v) is 4.78. The van der Waals surface area contributed by atoms with Gasteiger partial charge in [0, 0.05) is 44.8 Å². The van der Waals surface area contributed by atoms with Gasteiger partial charge in [0.15, 0.2) is 0 Å². The molecule has 3 N–H and O–H groups in total. The van der Waals surface area contributed by atoms with E-state index in [4.69, 9.17) is 5.73 Å². The van der Waals surface area contributed by atoms with Crippen LogP contribution in [0.3, 0.4) is 0 Å². The summed E-state index contributed by atoms with van der Waals surface area (Å²) in [7, 11) is -3.31. The zero-order valence-electron chi connectivity index (χ0n) is 10.9. The molecule has 102 valence electrons. The van der Waals surface area contributed by atoms with Gasteiger partial charge in [-0.25, -0.2) is 0 Å².